The smallest absolute Gasteiger partial charge is 0.276 e. The van der Waals surface area contributed by atoms with Crippen LogP contribution >= 0.6 is 11.8 Å². The Bertz CT molecular complexity index is 1060. The second-order valence-corrected chi connectivity index (χ2v) is 6.96. The topological polar surface area (TPSA) is 68.0 Å². The largest absolute Gasteiger partial charge is 0.411 e. The zero-order valence-electron chi connectivity index (χ0n) is 14.5. The van der Waals surface area contributed by atoms with Gasteiger partial charge in [-0.1, -0.05) is 66.4 Å². The SMILES string of the molecule is O=C(CCSc1nnc(-c2ccccc2)o1)Nc1cccc2ccccc12. The Labute approximate surface area is 160 Å². The molecule has 0 aliphatic heterocycles. The van der Waals surface area contributed by atoms with Crippen LogP contribution in [-0.2, 0) is 4.79 Å². The summed E-state index contributed by atoms with van der Waals surface area (Å²) in [5.74, 6) is 1.01. The van der Waals surface area contributed by atoms with Gasteiger partial charge in [0.05, 0.1) is 0 Å². The van der Waals surface area contributed by atoms with E-state index in [1.54, 1.807) is 0 Å². The summed E-state index contributed by atoms with van der Waals surface area (Å²) in [6.45, 7) is 0. The minimum Gasteiger partial charge on any atom is -0.411 e. The zero-order chi connectivity index (χ0) is 18.5. The molecule has 4 rings (SSSR count). The van der Waals surface area contributed by atoms with Crippen molar-refractivity contribution < 1.29 is 9.21 Å². The molecule has 0 atom stereocenters. The fraction of sp³-hybridized carbons (Fsp3) is 0.0952. The van der Waals surface area contributed by atoms with Gasteiger partial charge >= 0.3 is 0 Å². The number of amides is 1. The number of carbonyl (C=O) groups is 1. The molecule has 5 nitrogen and oxygen atoms in total. The molecule has 6 heteroatoms. The Kier molecular flexibility index (Phi) is 5.16. The quantitative estimate of drug-likeness (QED) is 0.480. The van der Waals surface area contributed by atoms with Crippen LogP contribution in [0.25, 0.3) is 22.2 Å². The van der Waals surface area contributed by atoms with Crippen LogP contribution in [0.15, 0.2) is 82.4 Å². The van der Waals surface area contributed by atoms with E-state index in [-0.39, 0.29) is 5.91 Å². The first kappa shape index (κ1) is 17.3. The van der Waals surface area contributed by atoms with E-state index in [4.69, 9.17) is 4.42 Å². The third-order valence-electron chi connectivity index (χ3n) is 4.05. The first-order chi connectivity index (χ1) is 13.3. The predicted molar refractivity (Wildman–Crippen MR) is 108 cm³/mol. The molecule has 0 spiro atoms. The number of benzene rings is 3. The molecule has 0 aliphatic rings. The van der Waals surface area contributed by atoms with Crippen molar-refractivity contribution in [2.75, 3.05) is 11.1 Å². The lowest BCUT2D eigenvalue weighted by Crippen LogP contribution is -2.12. The summed E-state index contributed by atoms with van der Waals surface area (Å²) in [5.41, 5.74) is 1.71. The van der Waals surface area contributed by atoms with E-state index in [0.29, 0.717) is 23.3 Å². The Morgan fingerprint density at radius 1 is 0.926 bits per heavy atom. The van der Waals surface area contributed by atoms with Crippen LogP contribution in [0.5, 0.6) is 0 Å². The maximum Gasteiger partial charge on any atom is 0.276 e. The summed E-state index contributed by atoms with van der Waals surface area (Å²) in [7, 11) is 0. The number of fused-ring (bicyclic) bond motifs is 1. The molecule has 1 heterocycles. The van der Waals surface area contributed by atoms with Crippen molar-refractivity contribution >= 4 is 34.1 Å². The molecule has 3 aromatic carbocycles. The van der Waals surface area contributed by atoms with Gasteiger partial charge in [0.1, 0.15) is 0 Å². The van der Waals surface area contributed by atoms with Crippen molar-refractivity contribution in [3.05, 3.63) is 72.8 Å². The Morgan fingerprint density at radius 3 is 2.59 bits per heavy atom. The fourth-order valence-corrected chi connectivity index (χ4v) is 3.44. The summed E-state index contributed by atoms with van der Waals surface area (Å²) >= 11 is 1.38. The number of nitrogens with one attached hydrogen (secondary N) is 1. The highest BCUT2D eigenvalue weighted by Crippen LogP contribution is 2.25. The number of anilines is 1. The van der Waals surface area contributed by atoms with Gasteiger partial charge in [-0.3, -0.25) is 4.79 Å². The van der Waals surface area contributed by atoms with Crippen LogP contribution in [0, 0.1) is 0 Å². The van der Waals surface area contributed by atoms with Crippen molar-refractivity contribution in [3.63, 3.8) is 0 Å². The molecule has 1 amide bonds. The monoisotopic (exact) mass is 375 g/mol. The lowest BCUT2D eigenvalue weighted by Gasteiger charge is -2.08. The first-order valence-corrected chi connectivity index (χ1v) is 9.57. The average Bonchev–Trinajstić information content (AvgIpc) is 3.18. The normalized spacial score (nSPS) is 10.8. The van der Waals surface area contributed by atoms with Crippen LogP contribution in [0.1, 0.15) is 6.42 Å². The molecule has 0 fully saturated rings. The maximum atomic E-state index is 12.3. The van der Waals surface area contributed by atoms with Crippen molar-refractivity contribution in [1.29, 1.82) is 0 Å². The predicted octanol–water partition coefficient (Wildman–Crippen LogP) is 5.01. The maximum absolute atomic E-state index is 12.3. The number of aromatic nitrogens is 2. The van der Waals surface area contributed by atoms with Crippen LogP contribution < -0.4 is 5.32 Å². The molecule has 0 bridgehead atoms. The van der Waals surface area contributed by atoms with Crippen molar-refractivity contribution in [3.8, 4) is 11.5 Å². The minimum absolute atomic E-state index is 0.0401. The van der Waals surface area contributed by atoms with Crippen LogP contribution in [-0.4, -0.2) is 21.9 Å². The molecule has 0 radical (unpaired) electrons. The van der Waals surface area contributed by atoms with Crippen LogP contribution in [0.4, 0.5) is 5.69 Å². The highest BCUT2D eigenvalue weighted by molar-refractivity contribution is 7.99. The van der Waals surface area contributed by atoms with E-state index in [2.05, 4.69) is 15.5 Å². The second kappa shape index (κ2) is 8.05. The molecule has 0 aliphatic carbocycles. The van der Waals surface area contributed by atoms with Gasteiger partial charge in [0.25, 0.3) is 5.22 Å². The molecule has 134 valence electrons. The van der Waals surface area contributed by atoms with Crippen LogP contribution in [0.2, 0.25) is 0 Å². The molecule has 4 aromatic rings. The van der Waals surface area contributed by atoms with Gasteiger partial charge in [-0.05, 0) is 23.6 Å². The third-order valence-corrected chi connectivity index (χ3v) is 4.87. The molecule has 0 saturated heterocycles. The highest BCUT2D eigenvalue weighted by Gasteiger charge is 2.10. The lowest BCUT2D eigenvalue weighted by atomic mass is 10.1. The molecule has 0 unspecified atom stereocenters. The Morgan fingerprint density at radius 2 is 1.70 bits per heavy atom. The summed E-state index contributed by atoms with van der Waals surface area (Å²) in [6.07, 6.45) is 0.358. The molecular weight excluding hydrogens is 358 g/mol. The number of hydrogen-bond acceptors (Lipinski definition) is 5. The van der Waals surface area contributed by atoms with Gasteiger partial charge in [-0.2, -0.15) is 0 Å². The lowest BCUT2D eigenvalue weighted by molar-refractivity contribution is -0.115. The van der Waals surface area contributed by atoms with Gasteiger partial charge in [0.15, 0.2) is 0 Å². The summed E-state index contributed by atoms with van der Waals surface area (Å²) in [6, 6.07) is 23.5. The summed E-state index contributed by atoms with van der Waals surface area (Å²) < 4.78 is 5.64. The van der Waals surface area contributed by atoms with Gasteiger partial charge in [0, 0.05) is 28.8 Å². The first-order valence-electron chi connectivity index (χ1n) is 8.59. The van der Waals surface area contributed by atoms with E-state index < -0.39 is 0 Å². The Balaban J connectivity index is 1.33. The standard InChI is InChI=1S/C21H17N3O2S/c25-19(22-18-12-6-10-15-7-4-5-11-17(15)18)13-14-27-21-24-23-20(26-21)16-8-2-1-3-9-16/h1-12H,13-14H2,(H,22,25). The fourth-order valence-electron chi connectivity index (χ4n) is 2.74. The van der Waals surface area contributed by atoms with E-state index in [1.807, 2.05) is 72.8 Å². The highest BCUT2D eigenvalue weighted by atomic mass is 32.2. The van der Waals surface area contributed by atoms with Crippen molar-refractivity contribution in [2.45, 2.75) is 11.6 Å². The number of rotatable bonds is 6. The van der Waals surface area contributed by atoms with E-state index in [1.165, 1.54) is 11.8 Å². The molecule has 27 heavy (non-hydrogen) atoms. The average molecular weight is 375 g/mol. The van der Waals surface area contributed by atoms with Gasteiger partial charge in [0.2, 0.25) is 11.8 Å². The number of hydrogen-bond donors (Lipinski definition) is 1. The van der Waals surface area contributed by atoms with E-state index in [0.717, 1.165) is 22.0 Å². The van der Waals surface area contributed by atoms with Crippen molar-refractivity contribution in [2.24, 2.45) is 0 Å². The van der Waals surface area contributed by atoms with Crippen LogP contribution in [0.3, 0.4) is 0 Å². The third kappa shape index (κ3) is 4.17. The molecule has 0 saturated carbocycles. The second-order valence-electron chi connectivity index (χ2n) is 5.91. The van der Waals surface area contributed by atoms with Gasteiger partial charge < -0.3 is 9.73 Å². The van der Waals surface area contributed by atoms with E-state index >= 15 is 0 Å². The Hall–Kier alpha value is -3.12. The number of nitrogens with zero attached hydrogens (tertiary/aromatic N) is 2. The summed E-state index contributed by atoms with van der Waals surface area (Å²) in [5, 5.41) is 13.7. The number of carbonyl (C=O) groups excluding carboxylic acids is 1. The summed E-state index contributed by atoms with van der Waals surface area (Å²) in [4.78, 5) is 12.3. The number of thioether (sulfide) groups is 1. The molecule has 1 N–H and O–H groups in total. The van der Waals surface area contributed by atoms with Gasteiger partial charge in [-0.15, -0.1) is 10.2 Å². The van der Waals surface area contributed by atoms with E-state index in [9.17, 15) is 4.79 Å². The minimum atomic E-state index is -0.0401. The van der Waals surface area contributed by atoms with Gasteiger partial charge in [-0.25, -0.2) is 0 Å². The molecular formula is C21H17N3O2S. The molecule has 1 aromatic heterocycles. The van der Waals surface area contributed by atoms with Crippen molar-refractivity contribution in [1.82, 2.24) is 10.2 Å². The zero-order valence-corrected chi connectivity index (χ0v) is 15.3.